The first-order valence-corrected chi connectivity index (χ1v) is 7.96. The second kappa shape index (κ2) is 5.92. The van der Waals surface area contributed by atoms with Crippen LogP contribution in [0.4, 0.5) is 0 Å². The molecule has 1 fully saturated rings. The third-order valence-corrected chi connectivity index (χ3v) is 4.96. The van der Waals surface area contributed by atoms with Gasteiger partial charge in [0, 0.05) is 24.4 Å². The summed E-state index contributed by atoms with van der Waals surface area (Å²) >= 11 is 2.06. The Morgan fingerprint density at radius 2 is 2.37 bits per heavy atom. The van der Waals surface area contributed by atoms with Crippen LogP contribution in [-0.2, 0) is 13.0 Å². The third kappa shape index (κ3) is 2.77. The van der Waals surface area contributed by atoms with Crippen LogP contribution in [0.1, 0.15) is 25.1 Å². The summed E-state index contributed by atoms with van der Waals surface area (Å²) in [4.78, 5) is 9.06. The summed E-state index contributed by atoms with van der Waals surface area (Å²) in [6.45, 7) is 1.11. The Labute approximate surface area is 117 Å². The van der Waals surface area contributed by atoms with E-state index in [-0.39, 0.29) is 6.61 Å². The van der Waals surface area contributed by atoms with Gasteiger partial charge in [-0.1, -0.05) is 6.42 Å². The number of aliphatic hydroxyl groups excluding tert-OH is 1. The molecule has 1 aliphatic rings. The van der Waals surface area contributed by atoms with Gasteiger partial charge in [0.25, 0.3) is 0 Å². The minimum absolute atomic E-state index is 0.140. The van der Waals surface area contributed by atoms with Gasteiger partial charge in [0.1, 0.15) is 11.3 Å². The van der Waals surface area contributed by atoms with E-state index in [0.717, 1.165) is 23.5 Å². The number of aromatic nitrogens is 3. The standard InChI is InChI=1S/C14H19N3OS/c18-8-6-13-16-12-5-3-7-15-14(12)17(13)10-11-4-1-2-9-19-11/h3,5,7,11,18H,1-2,4,6,8-10H2. The van der Waals surface area contributed by atoms with Crippen LogP contribution in [0.3, 0.4) is 0 Å². The van der Waals surface area contributed by atoms with Gasteiger partial charge in [-0.15, -0.1) is 0 Å². The van der Waals surface area contributed by atoms with Gasteiger partial charge in [-0.3, -0.25) is 0 Å². The zero-order valence-electron chi connectivity index (χ0n) is 11.0. The number of aliphatic hydroxyl groups is 1. The van der Waals surface area contributed by atoms with Gasteiger partial charge in [0.2, 0.25) is 0 Å². The average Bonchev–Trinajstić information content (AvgIpc) is 2.79. The molecular formula is C14H19N3OS. The van der Waals surface area contributed by atoms with E-state index in [1.54, 1.807) is 0 Å². The first kappa shape index (κ1) is 12.9. The van der Waals surface area contributed by atoms with Crippen LogP contribution in [0.5, 0.6) is 0 Å². The minimum atomic E-state index is 0.140. The van der Waals surface area contributed by atoms with E-state index in [9.17, 15) is 5.11 Å². The Balaban J connectivity index is 1.92. The normalized spacial score (nSPS) is 19.9. The minimum Gasteiger partial charge on any atom is -0.396 e. The van der Waals surface area contributed by atoms with Crippen molar-refractivity contribution in [2.24, 2.45) is 0 Å². The zero-order chi connectivity index (χ0) is 13.1. The predicted molar refractivity (Wildman–Crippen MR) is 78.4 cm³/mol. The molecule has 0 saturated carbocycles. The summed E-state index contributed by atoms with van der Waals surface area (Å²) < 4.78 is 2.20. The Morgan fingerprint density at radius 3 is 3.16 bits per heavy atom. The summed E-state index contributed by atoms with van der Waals surface area (Å²) in [5, 5.41) is 9.85. The summed E-state index contributed by atoms with van der Waals surface area (Å²) in [5.74, 6) is 2.22. The molecule has 3 heterocycles. The molecule has 2 aromatic heterocycles. The van der Waals surface area contributed by atoms with Crippen molar-refractivity contribution in [1.29, 1.82) is 0 Å². The molecule has 0 aliphatic carbocycles. The van der Waals surface area contributed by atoms with Crippen molar-refractivity contribution in [3.05, 3.63) is 24.2 Å². The smallest absolute Gasteiger partial charge is 0.160 e. The first-order chi connectivity index (χ1) is 9.38. The van der Waals surface area contributed by atoms with Gasteiger partial charge >= 0.3 is 0 Å². The molecular weight excluding hydrogens is 258 g/mol. The van der Waals surface area contributed by atoms with Gasteiger partial charge in [-0.2, -0.15) is 11.8 Å². The van der Waals surface area contributed by atoms with Crippen molar-refractivity contribution in [3.63, 3.8) is 0 Å². The molecule has 0 spiro atoms. The highest BCUT2D eigenvalue weighted by molar-refractivity contribution is 7.99. The van der Waals surface area contributed by atoms with Gasteiger partial charge in [-0.05, 0) is 30.7 Å². The van der Waals surface area contributed by atoms with Crippen LogP contribution in [0.25, 0.3) is 11.2 Å². The molecule has 102 valence electrons. The maximum Gasteiger partial charge on any atom is 0.160 e. The monoisotopic (exact) mass is 277 g/mol. The Kier molecular flexibility index (Phi) is 4.03. The van der Waals surface area contributed by atoms with Crippen molar-refractivity contribution < 1.29 is 5.11 Å². The molecule has 1 atom stereocenters. The van der Waals surface area contributed by atoms with E-state index >= 15 is 0 Å². The molecule has 1 aliphatic heterocycles. The lowest BCUT2D eigenvalue weighted by molar-refractivity contribution is 0.294. The van der Waals surface area contributed by atoms with Gasteiger partial charge in [-0.25, -0.2) is 9.97 Å². The van der Waals surface area contributed by atoms with Crippen LogP contribution in [-0.4, -0.2) is 37.3 Å². The quantitative estimate of drug-likeness (QED) is 0.931. The fourth-order valence-corrected chi connectivity index (χ4v) is 3.94. The van der Waals surface area contributed by atoms with E-state index in [2.05, 4.69) is 26.3 Å². The largest absolute Gasteiger partial charge is 0.396 e. The molecule has 4 nitrogen and oxygen atoms in total. The topological polar surface area (TPSA) is 50.9 Å². The number of hydrogen-bond donors (Lipinski definition) is 1. The lowest BCUT2D eigenvalue weighted by atomic mass is 10.2. The van der Waals surface area contributed by atoms with Crippen molar-refractivity contribution >= 4 is 22.9 Å². The molecule has 0 bridgehead atoms. The number of nitrogens with zero attached hydrogens (tertiary/aromatic N) is 3. The third-order valence-electron chi connectivity index (χ3n) is 3.58. The predicted octanol–water partition coefficient (Wildman–Crippen LogP) is 2.25. The van der Waals surface area contributed by atoms with E-state index in [1.165, 1.54) is 25.0 Å². The Bertz CT molecular complexity index is 549. The Hall–Kier alpha value is -1.07. The highest BCUT2D eigenvalue weighted by Crippen LogP contribution is 2.28. The molecule has 5 heteroatoms. The number of thioether (sulfide) groups is 1. The number of imidazole rings is 1. The second-order valence-electron chi connectivity index (χ2n) is 4.95. The lowest BCUT2D eigenvalue weighted by Gasteiger charge is -2.22. The fourth-order valence-electron chi connectivity index (χ4n) is 2.64. The fraction of sp³-hybridized carbons (Fsp3) is 0.571. The van der Waals surface area contributed by atoms with Crippen LogP contribution in [0, 0.1) is 0 Å². The molecule has 0 radical (unpaired) electrons. The lowest BCUT2D eigenvalue weighted by Crippen LogP contribution is -2.19. The van der Waals surface area contributed by atoms with Crippen molar-refractivity contribution in [2.75, 3.05) is 12.4 Å². The Morgan fingerprint density at radius 1 is 1.42 bits per heavy atom. The van der Waals surface area contributed by atoms with Gasteiger partial charge < -0.3 is 9.67 Å². The molecule has 1 saturated heterocycles. The molecule has 1 N–H and O–H groups in total. The summed E-state index contributed by atoms with van der Waals surface area (Å²) in [6, 6.07) is 3.91. The molecule has 1 unspecified atom stereocenters. The summed E-state index contributed by atoms with van der Waals surface area (Å²) in [5.41, 5.74) is 1.89. The van der Waals surface area contributed by atoms with E-state index in [4.69, 9.17) is 0 Å². The van der Waals surface area contributed by atoms with Gasteiger partial charge in [0.05, 0.1) is 6.61 Å². The molecule has 19 heavy (non-hydrogen) atoms. The summed E-state index contributed by atoms with van der Waals surface area (Å²) in [6.07, 6.45) is 6.36. The van der Waals surface area contributed by atoms with Crippen LogP contribution >= 0.6 is 11.8 Å². The number of hydrogen-bond acceptors (Lipinski definition) is 4. The highest BCUT2D eigenvalue weighted by Gasteiger charge is 2.18. The van der Waals surface area contributed by atoms with Gasteiger partial charge in [0.15, 0.2) is 5.65 Å². The van der Waals surface area contributed by atoms with Crippen LogP contribution in [0.15, 0.2) is 18.3 Å². The number of pyridine rings is 1. The summed E-state index contributed by atoms with van der Waals surface area (Å²) in [7, 11) is 0. The van der Waals surface area contributed by atoms with Crippen LogP contribution in [0.2, 0.25) is 0 Å². The number of fused-ring (bicyclic) bond motifs is 1. The van der Waals surface area contributed by atoms with Crippen LogP contribution < -0.4 is 0 Å². The molecule has 2 aromatic rings. The first-order valence-electron chi connectivity index (χ1n) is 6.91. The van der Waals surface area contributed by atoms with E-state index in [1.807, 2.05) is 18.3 Å². The zero-order valence-corrected chi connectivity index (χ0v) is 11.8. The molecule has 3 rings (SSSR count). The highest BCUT2D eigenvalue weighted by atomic mass is 32.2. The maximum atomic E-state index is 9.20. The SMILES string of the molecule is OCCc1nc2cccnc2n1CC1CCCCS1. The average molecular weight is 277 g/mol. The molecule has 0 amide bonds. The molecule has 0 aromatic carbocycles. The van der Waals surface area contributed by atoms with E-state index < -0.39 is 0 Å². The second-order valence-corrected chi connectivity index (χ2v) is 6.36. The maximum absolute atomic E-state index is 9.20. The number of rotatable bonds is 4. The van der Waals surface area contributed by atoms with E-state index in [0.29, 0.717) is 11.7 Å². The van der Waals surface area contributed by atoms with Crippen molar-refractivity contribution in [3.8, 4) is 0 Å². The van der Waals surface area contributed by atoms with Crippen molar-refractivity contribution in [2.45, 2.75) is 37.5 Å². The van der Waals surface area contributed by atoms with Crippen molar-refractivity contribution in [1.82, 2.24) is 14.5 Å².